The smallest absolute Gasteiger partial charge is 0.358 e. The quantitative estimate of drug-likeness (QED) is 0.239. The molecule has 0 unspecified atom stereocenters. The number of nitrogens with one attached hydrogen (secondary N) is 1. The monoisotopic (exact) mass is 153 g/mol. The molecule has 0 aromatic heterocycles. The van der Waals surface area contributed by atoms with E-state index in [1.165, 1.54) is 6.07 Å². The minimum atomic E-state index is -0.854. The summed E-state index contributed by atoms with van der Waals surface area (Å²) >= 11 is 0. The van der Waals surface area contributed by atoms with Gasteiger partial charge in [-0.1, -0.05) is 0 Å². The van der Waals surface area contributed by atoms with Crippen LogP contribution in [-0.2, 0) is 9.53 Å². The van der Waals surface area contributed by atoms with E-state index in [1.54, 1.807) is 5.87 Å². The zero-order chi connectivity index (χ0) is 8.69. The molecule has 0 radical (unpaired) electrons. The van der Waals surface area contributed by atoms with Gasteiger partial charge < -0.3 is 10.5 Å². The van der Waals surface area contributed by atoms with Crippen LogP contribution in [0.15, 0.2) is 5.57 Å². The van der Waals surface area contributed by atoms with Crippen molar-refractivity contribution in [2.24, 2.45) is 5.73 Å². The van der Waals surface area contributed by atoms with E-state index in [2.05, 4.69) is 4.74 Å². The number of hydrogen-bond donors (Lipinski definition) is 2. The van der Waals surface area contributed by atoms with Gasteiger partial charge in [0.2, 0.25) is 0 Å². The Morgan fingerprint density at radius 1 is 1.73 bits per heavy atom. The van der Waals surface area contributed by atoms with E-state index < -0.39 is 11.5 Å². The van der Waals surface area contributed by atoms with Crippen molar-refractivity contribution in [1.82, 2.24) is 0 Å². The lowest BCUT2D eigenvalue weighted by Crippen LogP contribution is -2.14. The summed E-state index contributed by atoms with van der Waals surface area (Å²) < 4.78 is 4.43. The zero-order valence-corrected chi connectivity index (χ0v) is 5.76. The molecule has 0 aliphatic rings. The largest absolute Gasteiger partial charge is 0.460 e. The summed E-state index contributed by atoms with van der Waals surface area (Å²) in [5.41, 5.74) is 4.58. The SMILES string of the molecule is N#CC(=C=N)C(=O)OCCN. The molecule has 11 heavy (non-hydrogen) atoms. The number of carbonyl (C=O) groups is 1. The van der Waals surface area contributed by atoms with Crippen LogP contribution >= 0.6 is 0 Å². The first-order valence-corrected chi connectivity index (χ1v) is 2.83. The Kier molecular flexibility index (Phi) is 4.41. The van der Waals surface area contributed by atoms with Crippen LogP contribution in [0.3, 0.4) is 0 Å². The fourth-order valence-electron chi connectivity index (χ4n) is 0.348. The Balaban J connectivity index is 4.05. The highest BCUT2D eigenvalue weighted by Crippen LogP contribution is 1.89. The third-order valence-corrected chi connectivity index (χ3v) is 0.792. The summed E-state index contributed by atoms with van der Waals surface area (Å²) in [5.74, 6) is 0.797. The Hall–Kier alpha value is -1.63. The van der Waals surface area contributed by atoms with Gasteiger partial charge in [-0.3, -0.25) is 5.41 Å². The van der Waals surface area contributed by atoms with Crippen LogP contribution in [0.5, 0.6) is 0 Å². The molecule has 3 N–H and O–H groups in total. The van der Waals surface area contributed by atoms with Crippen molar-refractivity contribution in [1.29, 1.82) is 10.7 Å². The number of ether oxygens (including phenoxy) is 1. The molecule has 0 heterocycles. The van der Waals surface area contributed by atoms with Crippen LogP contribution in [-0.4, -0.2) is 25.0 Å². The maximum Gasteiger partial charge on any atom is 0.358 e. The first-order valence-electron chi connectivity index (χ1n) is 2.83. The van der Waals surface area contributed by atoms with E-state index in [1.807, 2.05) is 0 Å². The van der Waals surface area contributed by atoms with Crippen LogP contribution in [0.1, 0.15) is 0 Å². The van der Waals surface area contributed by atoms with Crippen molar-refractivity contribution in [2.75, 3.05) is 13.2 Å². The summed E-state index contributed by atoms with van der Waals surface area (Å²) in [5, 5.41) is 14.7. The molecular formula is C6H7N3O2. The molecule has 0 rings (SSSR count). The van der Waals surface area contributed by atoms with Crippen LogP contribution in [0.2, 0.25) is 0 Å². The van der Waals surface area contributed by atoms with Gasteiger partial charge in [0.05, 0.1) is 0 Å². The zero-order valence-electron chi connectivity index (χ0n) is 5.76. The lowest BCUT2D eigenvalue weighted by molar-refractivity contribution is -0.138. The first kappa shape index (κ1) is 9.37. The van der Waals surface area contributed by atoms with E-state index >= 15 is 0 Å². The van der Waals surface area contributed by atoms with Gasteiger partial charge in [0.15, 0.2) is 5.57 Å². The first-order chi connectivity index (χ1) is 5.26. The molecule has 58 valence electrons. The molecule has 0 atom stereocenters. The van der Waals surface area contributed by atoms with E-state index in [0.717, 1.165) is 0 Å². The topological polar surface area (TPSA) is 100.0 Å². The maximum absolute atomic E-state index is 10.6. The summed E-state index contributed by atoms with van der Waals surface area (Å²) in [4.78, 5) is 10.6. The maximum atomic E-state index is 10.6. The van der Waals surface area contributed by atoms with E-state index in [-0.39, 0.29) is 13.2 Å². The minimum absolute atomic E-state index is 0.0473. The number of carbonyl (C=O) groups excluding carboxylic acids is 1. The predicted molar refractivity (Wildman–Crippen MR) is 36.9 cm³/mol. The second-order valence-electron chi connectivity index (χ2n) is 1.54. The minimum Gasteiger partial charge on any atom is -0.460 e. The molecule has 0 aliphatic carbocycles. The van der Waals surface area contributed by atoms with Gasteiger partial charge in [-0.25, -0.2) is 4.79 Å². The summed E-state index contributed by atoms with van der Waals surface area (Å²) in [6.45, 7) is 0.244. The summed E-state index contributed by atoms with van der Waals surface area (Å²) in [7, 11) is 0. The van der Waals surface area contributed by atoms with Crippen molar-refractivity contribution in [2.45, 2.75) is 0 Å². The molecular weight excluding hydrogens is 146 g/mol. The molecule has 0 aliphatic heterocycles. The van der Waals surface area contributed by atoms with Crippen molar-refractivity contribution < 1.29 is 9.53 Å². The van der Waals surface area contributed by atoms with Crippen molar-refractivity contribution in [3.05, 3.63) is 5.57 Å². The summed E-state index contributed by atoms with van der Waals surface area (Å²) in [6.07, 6.45) is 0. The molecule has 0 fully saturated rings. The number of nitriles is 1. The highest BCUT2D eigenvalue weighted by molar-refractivity contribution is 6.01. The molecule has 0 bridgehead atoms. The molecule has 0 amide bonds. The van der Waals surface area contributed by atoms with Gasteiger partial charge >= 0.3 is 5.97 Å². The number of rotatable bonds is 3. The highest BCUT2D eigenvalue weighted by atomic mass is 16.5. The van der Waals surface area contributed by atoms with Crippen LogP contribution in [0, 0.1) is 16.7 Å². The van der Waals surface area contributed by atoms with Crippen LogP contribution in [0.25, 0.3) is 0 Å². The molecule has 5 heteroatoms. The van der Waals surface area contributed by atoms with Gasteiger partial charge in [0, 0.05) is 12.4 Å². The van der Waals surface area contributed by atoms with Crippen LogP contribution < -0.4 is 5.73 Å². The van der Waals surface area contributed by atoms with Gasteiger partial charge in [-0.05, 0) is 0 Å². The van der Waals surface area contributed by atoms with E-state index in [4.69, 9.17) is 16.4 Å². The standard InChI is InChI=1S/C6H7N3O2/c7-1-2-11-6(10)5(3-8)4-9/h8H,1-2,7H2. The number of hydrogen-bond acceptors (Lipinski definition) is 5. The molecule has 0 aromatic rings. The number of esters is 1. The van der Waals surface area contributed by atoms with E-state index in [0.29, 0.717) is 0 Å². The fourth-order valence-corrected chi connectivity index (χ4v) is 0.348. The number of nitrogens with two attached hydrogens (primary N) is 1. The Morgan fingerprint density at radius 3 is 2.73 bits per heavy atom. The van der Waals surface area contributed by atoms with Gasteiger partial charge in [-0.2, -0.15) is 5.26 Å². The predicted octanol–water partition coefficient (Wildman–Crippen LogP) is -0.813. The molecule has 0 aromatic carbocycles. The second kappa shape index (κ2) is 5.18. The Labute approximate surface area is 63.6 Å². The van der Waals surface area contributed by atoms with E-state index in [9.17, 15) is 4.79 Å². The second-order valence-corrected chi connectivity index (χ2v) is 1.54. The van der Waals surface area contributed by atoms with Crippen LogP contribution in [0.4, 0.5) is 0 Å². The molecule has 0 spiro atoms. The average Bonchev–Trinajstić information content (AvgIpc) is 2.03. The third-order valence-electron chi connectivity index (χ3n) is 0.792. The molecule has 0 saturated heterocycles. The fraction of sp³-hybridized carbons (Fsp3) is 0.333. The number of nitrogens with zero attached hydrogens (tertiary/aromatic N) is 1. The third kappa shape index (κ3) is 3.16. The van der Waals surface area contributed by atoms with Crippen molar-refractivity contribution in [3.8, 4) is 6.07 Å². The normalized spacial score (nSPS) is 7.64. The lowest BCUT2D eigenvalue weighted by atomic mass is 10.3. The Morgan fingerprint density at radius 2 is 2.36 bits per heavy atom. The average molecular weight is 153 g/mol. The lowest BCUT2D eigenvalue weighted by Gasteiger charge is -1.97. The highest BCUT2D eigenvalue weighted by Gasteiger charge is 2.08. The molecule has 0 saturated carbocycles. The van der Waals surface area contributed by atoms with Crippen molar-refractivity contribution in [3.63, 3.8) is 0 Å². The summed E-state index contributed by atoms with van der Waals surface area (Å²) in [6, 6.07) is 1.46. The Bertz CT molecular complexity index is 235. The van der Waals surface area contributed by atoms with Crippen molar-refractivity contribution >= 4 is 11.8 Å². The van der Waals surface area contributed by atoms with Gasteiger partial charge in [0.1, 0.15) is 12.7 Å². The van der Waals surface area contributed by atoms with Gasteiger partial charge in [-0.15, -0.1) is 0 Å². The molecule has 5 nitrogen and oxygen atoms in total. The van der Waals surface area contributed by atoms with Gasteiger partial charge in [0.25, 0.3) is 0 Å².